The van der Waals surface area contributed by atoms with Gasteiger partial charge < -0.3 is 19.0 Å². The molecule has 1 fully saturated rings. The molecule has 4 rings (SSSR count). The summed E-state index contributed by atoms with van der Waals surface area (Å²) in [5, 5.41) is 3.78. The normalized spacial score (nSPS) is 17.0. The Morgan fingerprint density at radius 2 is 2.12 bits per heavy atom. The number of ether oxygens (including phenoxy) is 1. The Morgan fingerprint density at radius 1 is 1.27 bits per heavy atom. The first-order chi connectivity index (χ1) is 12.8. The molecule has 3 aromatic rings. The van der Waals surface area contributed by atoms with Crippen molar-refractivity contribution in [1.82, 2.24) is 24.3 Å². The summed E-state index contributed by atoms with van der Waals surface area (Å²) < 4.78 is 9.99. The molecular weight excluding hydrogens is 326 g/mol. The summed E-state index contributed by atoms with van der Waals surface area (Å²) in [4.78, 5) is 9.26. The number of pyridine rings is 1. The summed E-state index contributed by atoms with van der Waals surface area (Å²) in [5.41, 5.74) is 3.40. The number of hydrogen-bond acceptors (Lipinski definition) is 4. The average molecular weight is 353 g/mol. The van der Waals surface area contributed by atoms with Crippen LogP contribution in [-0.4, -0.2) is 32.1 Å². The first-order valence-electron chi connectivity index (χ1n) is 9.51. The maximum absolute atomic E-state index is 5.58. The molecule has 0 aliphatic carbocycles. The molecule has 1 saturated heterocycles. The van der Waals surface area contributed by atoms with Crippen LogP contribution >= 0.6 is 0 Å². The van der Waals surface area contributed by atoms with Gasteiger partial charge in [-0.25, -0.2) is 9.97 Å². The molecule has 1 unspecified atom stereocenters. The molecule has 1 aliphatic heterocycles. The van der Waals surface area contributed by atoms with Crippen molar-refractivity contribution in [3.63, 3.8) is 0 Å². The quantitative estimate of drug-likeness (QED) is 0.740. The van der Waals surface area contributed by atoms with Gasteiger partial charge in [-0.2, -0.15) is 0 Å². The number of rotatable bonds is 6. The van der Waals surface area contributed by atoms with E-state index in [2.05, 4.69) is 62.6 Å². The van der Waals surface area contributed by atoms with Crippen LogP contribution in [-0.2, 0) is 17.8 Å². The molecule has 0 bridgehead atoms. The monoisotopic (exact) mass is 353 g/mol. The lowest BCUT2D eigenvalue weighted by molar-refractivity contribution is 0.0516. The third-order valence-corrected chi connectivity index (χ3v) is 5.41. The fraction of sp³-hybridized carbons (Fsp3) is 0.500. The van der Waals surface area contributed by atoms with E-state index in [1.807, 2.05) is 12.4 Å². The number of nitrogens with one attached hydrogen (secondary N) is 1. The summed E-state index contributed by atoms with van der Waals surface area (Å²) in [5.74, 6) is 1.67. The highest BCUT2D eigenvalue weighted by Crippen LogP contribution is 2.29. The Bertz CT molecular complexity index is 862. The van der Waals surface area contributed by atoms with Crippen molar-refractivity contribution in [3.05, 3.63) is 54.0 Å². The number of aryl methyl sites for hydroxylation is 2. The van der Waals surface area contributed by atoms with Gasteiger partial charge in [0.15, 0.2) is 0 Å². The van der Waals surface area contributed by atoms with Gasteiger partial charge in [-0.1, -0.05) is 6.07 Å². The summed E-state index contributed by atoms with van der Waals surface area (Å²) in [6.07, 6.45) is 10.2. The highest BCUT2D eigenvalue weighted by Gasteiger charge is 2.28. The van der Waals surface area contributed by atoms with Gasteiger partial charge in [0.2, 0.25) is 0 Å². The largest absolute Gasteiger partial charge is 0.381 e. The molecule has 1 aliphatic rings. The second-order valence-electron chi connectivity index (χ2n) is 7.01. The zero-order valence-electron chi connectivity index (χ0n) is 15.6. The van der Waals surface area contributed by atoms with Crippen LogP contribution < -0.4 is 5.32 Å². The van der Waals surface area contributed by atoms with Crippen LogP contribution in [0.4, 0.5) is 0 Å². The van der Waals surface area contributed by atoms with Crippen LogP contribution in [0.2, 0.25) is 0 Å². The smallest absolute Gasteiger partial charge is 0.139 e. The van der Waals surface area contributed by atoms with Gasteiger partial charge in [0.25, 0.3) is 0 Å². The van der Waals surface area contributed by atoms with Crippen LogP contribution in [0.25, 0.3) is 5.65 Å². The van der Waals surface area contributed by atoms with Gasteiger partial charge in [0.05, 0.1) is 17.9 Å². The van der Waals surface area contributed by atoms with E-state index in [0.717, 1.165) is 50.6 Å². The second kappa shape index (κ2) is 7.60. The number of fused-ring (bicyclic) bond motifs is 1. The average Bonchev–Trinajstić information content (AvgIpc) is 3.31. The Kier molecular flexibility index (Phi) is 5.04. The summed E-state index contributed by atoms with van der Waals surface area (Å²) in [6, 6.07) is 4.40. The van der Waals surface area contributed by atoms with Crippen LogP contribution in [0.3, 0.4) is 0 Å². The number of imidazole rings is 2. The van der Waals surface area contributed by atoms with E-state index in [9.17, 15) is 0 Å². The molecule has 6 heteroatoms. The van der Waals surface area contributed by atoms with Crippen molar-refractivity contribution < 1.29 is 4.74 Å². The molecule has 0 spiro atoms. The molecule has 0 radical (unpaired) electrons. The SMILES string of the molecule is CCn1ccnc1C(NCc1cnc2c(C)cccn12)C1CCOCC1. The van der Waals surface area contributed by atoms with Crippen molar-refractivity contribution in [3.8, 4) is 0 Å². The van der Waals surface area contributed by atoms with E-state index in [1.165, 1.54) is 11.3 Å². The zero-order chi connectivity index (χ0) is 17.9. The standard InChI is InChI=1S/C20H27N5O/c1-3-24-10-8-21-20(24)18(16-6-11-26-12-7-16)22-13-17-14-23-19-15(2)5-4-9-25(17)19/h4-5,8-10,14,16,18,22H,3,6-7,11-13H2,1-2H3. The third-order valence-electron chi connectivity index (χ3n) is 5.41. The van der Waals surface area contributed by atoms with Gasteiger partial charge in [0.1, 0.15) is 11.5 Å². The molecule has 0 aromatic carbocycles. The molecule has 3 aromatic heterocycles. The van der Waals surface area contributed by atoms with Crippen molar-refractivity contribution in [1.29, 1.82) is 0 Å². The Morgan fingerprint density at radius 3 is 2.92 bits per heavy atom. The fourth-order valence-electron chi connectivity index (χ4n) is 3.93. The summed E-state index contributed by atoms with van der Waals surface area (Å²) in [6.45, 7) is 7.64. The lowest BCUT2D eigenvalue weighted by Crippen LogP contribution is -2.34. The fourth-order valence-corrected chi connectivity index (χ4v) is 3.93. The molecule has 1 N–H and O–H groups in total. The van der Waals surface area contributed by atoms with E-state index in [-0.39, 0.29) is 6.04 Å². The molecule has 4 heterocycles. The topological polar surface area (TPSA) is 56.4 Å². The van der Waals surface area contributed by atoms with Gasteiger partial charge in [-0.05, 0) is 44.2 Å². The third kappa shape index (κ3) is 3.27. The Labute approximate surface area is 154 Å². The van der Waals surface area contributed by atoms with Crippen molar-refractivity contribution in [2.24, 2.45) is 5.92 Å². The number of aromatic nitrogens is 4. The summed E-state index contributed by atoms with van der Waals surface area (Å²) in [7, 11) is 0. The van der Waals surface area contributed by atoms with E-state index in [4.69, 9.17) is 4.74 Å². The predicted octanol–water partition coefficient (Wildman–Crippen LogP) is 3.12. The molecule has 0 saturated carbocycles. The Hall–Kier alpha value is -2.18. The number of nitrogens with zero attached hydrogens (tertiary/aromatic N) is 4. The number of hydrogen-bond donors (Lipinski definition) is 1. The lowest BCUT2D eigenvalue weighted by Gasteiger charge is -2.31. The van der Waals surface area contributed by atoms with Crippen molar-refractivity contribution >= 4 is 5.65 Å². The highest BCUT2D eigenvalue weighted by atomic mass is 16.5. The van der Waals surface area contributed by atoms with E-state index in [0.29, 0.717) is 5.92 Å². The van der Waals surface area contributed by atoms with Gasteiger partial charge in [-0.3, -0.25) is 0 Å². The van der Waals surface area contributed by atoms with Crippen LogP contribution in [0.5, 0.6) is 0 Å². The Balaban J connectivity index is 1.59. The van der Waals surface area contributed by atoms with Gasteiger partial charge >= 0.3 is 0 Å². The lowest BCUT2D eigenvalue weighted by atomic mass is 9.91. The first kappa shape index (κ1) is 17.2. The minimum Gasteiger partial charge on any atom is -0.381 e. The van der Waals surface area contributed by atoms with Crippen molar-refractivity contribution in [2.45, 2.75) is 45.8 Å². The first-order valence-corrected chi connectivity index (χ1v) is 9.51. The molecular formula is C20H27N5O. The zero-order valence-corrected chi connectivity index (χ0v) is 15.6. The van der Waals surface area contributed by atoms with E-state index >= 15 is 0 Å². The van der Waals surface area contributed by atoms with Crippen LogP contribution in [0.15, 0.2) is 36.9 Å². The molecule has 26 heavy (non-hydrogen) atoms. The molecule has 6 nitrogen and oxygen atoms in total. The second-order valence-corrected chi connectivity index (χ2v) is 7.01. The minimum atomic E-state index is 0.226. The summed E-state index contributed by atoms with van der Waals surface area (Å²) >= 11 is 0. The maximum Gasteiger partial charge on any atom is 0.139 e. The minimum absolute atomic E-state index is 0.226. The maximum atomic E-state index is 5.58. The van der Waals surface area contributed by atoms with Crippen LogP contribution in [0.1, 0.15) is 42.9 Å². The van der Waals surface area contributed by atoms with E-state index in [1.54, 1.807) is 0 Å². The van der Waals surface area contributed by atoms with Gasteiger partial charge in [-0.15, -0.1) is 0 Å². The molecule has 138 valence electrons. The molecule has 1 atom stereocenters. The van der Waals surface area contributed by atoms with Crippen molar-refractivity contribution in [2.75, 3.05) is 13.2 Å². The van der Waals surface area contributed by atoms with E-state index < -0.39 is 0 Å². The van der Waals surface area contributed by atoms with Gasteiger partial charge in [0, 0.05) is 44.9 Å². The van der Waals surface area contributed by atoms with Crippen LogP contribution in [0, 0.1) is 12.8 Å². The highest BCUT2D eigenvalue weighted by molar-refractivity contribution is 5.48. The molecule has 0 amide bonds. The predicted molar refractivity (Wildman–Crippen MR) is 101 cm³/mol.